The van der Waals surface area contributed by atoms with Crippen LogP contribution in [-0.4, -0.2) is 50.3 Å². The Labute approximate surface area is 92.2 Å². The average Bonchev–Trinajstić information content (AvgIpc) is 2.30. The van der Waals surface area contributed by atoms with E-state index in [9.17, 15) is 0 Å². The van der Waals surface area contributed by atoms with Crippen LogP contribution in [0.25, 0.3) is 0 Å². The van der Waals surface area contributed by atoms with Crippen LogP contribution in [0.15, 0.2) is 0 Å². The number of nitrogens with zero attached hydrogens (tertiary/aromatic N) is 1. The average molecular weight is 210 g/mol. The van der Waals surface area contributed by atoms with Crippen molar-refractivity contribution in [3.05, 3.63) is 0 Å². The third kappa shape index (κ3) is 1.71. The number of hydrogen-bond donors (Lipinski definition) is 1. The Balaban J connectivity index is 1.65. The summed E-state index contributed by atoms with van der Waals surface area (Å²) in [6.45, 7) is 6.71. The van der Waals surface area contributed by atoms with Crippen LogP contribution in [-0.2, 0) is 4.74 Å². The van der Waals surface area contributed by atoms with Gasteiger partial charge >= 0.3 is 0 Å². The molecule has 0 aromatic heterocycles. The molecule has 1 aliphatic carbocycles. The van der Waals surface area contributed by atoms with E-state index in [1.807, 2.05) is 0 Å². The SMILES string of the molecule is C1CC2(CCN1)CC[C@H]2N1CCOCC1. The predicted octanol–water partition coefficient (Wildman–Crippen LogP) is 0.851. The fraction of sp³-hybridized carbons (Fsp3) is 1.00. The monoisotopic (exact) mass is 210 g/mol. The van der Waals surface area contributed by atoms with Crippen molar-refractivity contribution in [3.63, 3.8) is 0 Å². The van der Waals surface area contributed by atoms with Gasteiger partial charge in [0.2, 0.25) is 0 Å². The molecule has 0 aromatic carbocycles. The molecule has 2 heterocycles. The van der Waals surface area contributed by atoms with Gasteiger partial charge in [0.15, 0.2) is 0 Å². The maximum Gasteiger partial charge on any atom is 0.0594 e. The third-order valence-electron chi connectivity index (χ3n) is 4.71. The minimum atomic E-state index is 0.683. The second-order valence-electron chi connectivity index (χ2n) is 5.32. The number of nitrogens with one attached hydrogen (secondary N) is 1. The van der Waals surface area contributed by atoms with Crippen LogP contribution in [0.2, 0.25) is 0 Å². The topological polar surface area (TPSA) is 24.5 Å². The molecule has 0 aromatic rings. The molecule has 3 fully saturated rings. The summed E-state index contributed by atoms with van der Waals surface area (Å²) in [6, 6.07) is 0.878. The lowest BCUT2D eigenvalue weighted by atomic mass is 9.59. The van der Waals surface area contributed by atoms with Gasteiger partial charge in [0.05, 0.1) is 13.2 Å². The lowest BCUT2D eigenvalue weighted by Gasteiger charge is -2.57. The van der Waals surface area contributed by atoms with Gasteiger partial charge in [-0.25, -0.2) is 0 Å². The number of hydrogen-bond acceptors (Lipinski definition) is 3. The van der Waals surface area contributed by atoms with E-state index in [4.69, 9.17) is 4.74 Å². The molecule has 2 saturated heterocycles. The molecule has 2 aliphatic heterocycles. The van der Waals surface area contributed by atoms with E-state index in [-0.39, 0.29) is 0 Å². The zero-order valence-electron chi connectivity index (χ0n) is 9.50. The lowest BCUT2D eigenvalue weighted by molar-refractivity contribution is -0.0844. The summed E-state index contributed by atoms with van der Waals surface area (Å²) in [4.78, 5) is 2.69. The quantitative estimate of drug-likeness (QED) is 0.694. The Morgan fingerprint density at radius 1 is 1.07 bits per heavy atom. The summed E-state index contributed by atoms with van der Waals surface area (Å²) in [7, 11) is 0. The van der Waals surface area contributed by atoms with Crippen molar-refractivity contribution >= 4 is 0 Å². The standard InChI is InChI=1S/C12H22N2O/c1-2-12(3-5-13-6-4-12)11(1)14-7-9-15-10-8-14/h11,13H,1-10H2/t11-/m1/s1. The lowest BCUT2D eigenvalue weighted by Crippen LogP contribution is -2.60. The summed E-state index contributed by atoms with van der Waals surface area (Å²) in [6.07, 6.45) is 5.70. The molecule has 3 nitrogen and oxygen atoms in total. The summed E-state index contributed by atoms with van der Waals surface area (Å²) in [5, 5.41) is 3.49. The Morgan fingerprint density at radius 2 is 1.80 bits per heavy atom. The molecule has 0 amide bonds. The molecule has 3 aliphatic rings. The van der Waals surface area contributed by atoms with E-state index >= 15 is 0 Å². The molecule has 0 unspecified atom stereocenters. The van der Waals surface area contributed by atoms with Crippen LogP contribution >= 0.6 is 0 Å². The van der Waals surface area contributed by atoms with Crippen molar-refractivity contribution < 1.29 is 4.74 Å². The number of morpholine rings is 1. The Morgan fingerprint density at radius 3 is 2.40 bits per heavy atom. The number of rotatable bonds is 1. The molecule has 86 valence electrons. The second kappa shape index (κ2) is 4.04. The van der Waals surface area contributed by atoms with Crippen molar-refractivity contribution in [1.29, 1.82) is 0 Å². The largest absolute Gasteiger partial charge is 0.379 e. The van der Waals surface area contributed by atoms with Gasteiger partial charge in [-0.3, -0.25) is 4.90 Å². The first-order valence-electron chi connectivity index (χ1n) is 6.43. The Hall–Kier alpha value is -0.120. The van der Waals surface area contributed by atoms with Crippen LogP contribution in [0, 0.1) is 5.41 Å². The highest BCUT2D eigenvalue weighted by Crippen LogP contribution is 2.50. The van der Waals surface area contributed by atoms with E-state index in [1.165, 1.54) is 51.9 Å². The Kier molecular flexibility index (Phi) is 2.71. The molecule has 1 saturated carbocycles. The van der Waals surface area contributed by atoms with Crippen LogP contribution in [0.1, 0.15) is 25.7 Å². The number of piperidine rings is 1. The highest BCUT2D eigenvalue weighted by Gasteiger charge is 2.49. The highest BCUT2D eigenvalue weighted by molar-refractivity contribution is 5.03. The Bertz CT molecular complexity index is 220. The first-order valence-corrected chi connectivity index (χ1v) is 6.43. The van der Waals surface area contributed by atoms with Gasteiger partial charge in [-0.2, -0.15) is 0 Å². The molecular formula is C12H22N2O. The molecule has 3 heteroatoms. The smallest absolute Gasteiger partial charge is 0.0594 e. The van der Waals surface area contributed by atoms with Crippen LogP contribution in [0.5, 0.6) is 0 Å². The third-order valence-corrected chi connectivity index (χ3v) is 4.71. The van der Waals surface area contributed by atoms with Gasteiger partial charge in [-0.15, -0.1) is 0 Å². The first kappa shape index (κ1) is 10.1. The molecular weight excluding hydrogens is 188 g/mol. The molecule has 1 N–H and O–H groups in total. The zero-order chi connectivity index (χ0) is 10.1. The summed E-state index contributed by atoms with van der Waals surface area (Å²) < 4.78 is 5.44. The van der Waals surface area contributed by atoms with Crippen molar-refractivity contribution in [2.45, 2.75) is 31.7 Å². The van der Waals surface area contributed by atoms with Gasteiger partial charge in [-0.05, 0) is 44.2 Å². The maximum absolute atomic E-state index is 5.44. The van der Waals surface area contributed by atoms with Crippen molar-refractivity contribution in [2.75, 3.05) is 39.4 Å². The number of ether oxygens (including phenoxy) is 1. The molecule has 0 radical (unpaired) electrons. The van der Waals surface area contributed by atoms with Crippen LogP contribution < -0.4 is 5.32 Å². The van der Waals surface area contributed by atoms with E-state index in [2.05, 4.69) is 10.2 Å². The summed E-state index contributed by atoms with van der Waals surface area (Å²) in [5.74, 6) is 0. The van der Waals surface area contributed by atoms with Crippen LogP contribution in [0.3, 0.4) is 0 Å². The van der Waals surface area contributed by atoms with E-state index in [0.717, 1.165) is 19.3 Å². The molecule has 15 heavy (non-hydrogen) atoms. The molecule has 1 atom stereocenters. The van der Waals surface area contributed by atoms with Crippen molar-refractivity contribution in [3.8, 4) is 0 Å². The van der Waals surface area contributed by atoms with Gasteiger partial charge in [-0.1, -0.05) is 0 Å². The molecule has 3 rings (SSSR count). The minimum absolute atomic E-state index is 0.683. The van der Waals surface area contributed by atoms with Gasteiger partial charge in [0, 0.05) is 19.1 Å². The first-order chi connectivity index (χ1) is 7.41. The van der Waals surface area contributed by atoms with E-state index in [1.54, 1.807) is 0 Å². The molecule has 1 spiro atoms. The predicted molar refractivity (Wildman–Crippen MR) is 60.0 cm³/mol. The fourth-order valence-electron chi connectivity index (χ4n) is 3.65. The van der Waals surface area contributed by atoms with E-state index in [0.29, 0.717) is 5.41 Å². The van der Waals surface area contributed by atoms with Gasteiger partial charge < -0.3 is 10.1 Å². The normalized spacial score (nSPS) is 36.4. The second-order valence-corrected chi connectivity index (χ2v) is 5.32. The van der Waals surface area contributed by atoms with Crippen molar-refractivity contribution in [2.24, 2.45) is 5.41 Å². The zero-order valence-corrected chi connectivity index (χ0v) is 9.50. The fourth-order valence-corrected chi connectivity index (χ4v) is 3.65. The summed E-state index contributed by atoms with van der Waals surface area (Å²) >= 11 is 0. The van der Waals surface area contributed by atoms with Crippen molar-refractivity contribution in [1.82, 2.24) is 10.2 Å². The maximum atomic E-state index is 5.44. The van der Waals surface area contributed by atoms with Gasteiger partial charge in [0.1, 0.15) is 0 Å². The highest BCUT2D eigenvalue weighted by atomic mass is 16.5. The summed E-state index contributed by atoms with van der Waals surface area (Å²) in [5.41, 5.74) is 0.683. The minimum Gasteiger partial charge on any atom is -0.379 e. The van der Waals surface area contributed by atoms with E-state index < -0.39 is 0 Å². The van der Waals surface area contributed by atoms with Crippen LogP contribution in [0.4, 0.5) is 0 Å². The van der Waals surface area contributed by atoms with Gasteiger partial charge in [0.25, 0.3) is 0 Å². The molecule has 0 bridgehead atoms.